The Kier molecular flexibility index (Phi) is 8.26. The molecule has 1 aromatic carbocycles. The van der Waals surface area contributed by atoms with Gasteiger partial charge in [0.05, 0.1) is 5.56 Å². The van der Waals surface area contributed by atoms with Gasteiger partial charge in [-0.2, -0.15) is 0 Å². The molecule has 0 spiro atoms. The van der Waals surface area contributed by atoms with Crippen LogP contribution in [0.2, 0.25) is 0 Å². The Bertz CT molecular complexity index is 793. The number of nitrogens with zero attached hydrogens (tertiary/aromatic N) is 3. The maximum Gasteiger partial charge on any atom is 0.257 e. The highest BCUT2D eigenvalue weighted by atomic mass is 16.2. The summed E-state index contributed by atoms with van der Waals surface area (Å²) in [4.78, 5) is 22.2. The Hall–Kier alpha value is -2.40. The van der Waals surface area contributed by atoms with Crippen molar-refractivity contribution in [3.63, 3.8) is 0 Å². The topological polar surface area (TPSA) is 48.5 Å². The Labute approximate surface area is 181 Å². The number of aromatic nitrogens is 1. The summed E-state index contributed by atoms with van der Waals surface area (Å²) in [6.07, 6.45) is 5.07. The molecule has 1 amide bonds. The van der Waals surface area contributed by atoms with Crippen LogP contribution in [0.3, 0.4) is 0 Å². The first-order chi connectivity index (χ1) is 14.5. The van der Waals surface area contributed by atoms with E-state index in [-0.39, 0.29) is 11.9 Å². The van der Waals surface area contributed by atoms with Gasteiger partial charge in [0.25, 0.3) is 5.91 Å². The molecule has 1 N–H and O–H groups in total. The van der Waals surface area contributed by atoms with Crippen molar-refractivity contribution in [1.29, 1.82) is 0 Å². The molecule has 5 heteroatoms. The first-order valence-electron chi connectivity index (χ1n) is 11.3. The van der Waals surface area contributed by atoms with Crippen LogP contribution in [-0.4, -0.2) is 59.5 Å². The number of pyridine rings is 1. The van der Waals surface area contributed by atoms with Gasteiger partial charge in [-0.15, -0.1) is 0 Å². The van der Waals surface area contributed by atoms with E-state index in [1.54, 1.807) is 6.20 Å². The van der Waals surface area contributed by atoms with E-state index in [4.69, 9.17) is 0 Å². The van der Waals surface area contributed by atoms with Crippen molar-refractivity contribution < 1.29 is 4.79 Å². The van der Waals surface area contributed by atoms with Gasteiger partial charge in [0.1, 0.15) is 5.82 Å². The number of aryl methyl sites for hydroxylation is 1. The normalized spacial score (nSPS) is 17.3. The molecule has 1 fully saturated rings. The van der Waals surface area contributed by atoms with Crippen LogP contribution in [-0.2, 0) is 6.42 Å². The minimum Gasteiger partial charge on any atom is -0.369 e. The van der Waals surface area contributed by atoms with Crippen molar-refractivity contribution in [3.05, 3.63) is 59.8 Å². The maximum absolute atomic E-state index is 13.3. The van der Waals surface area contributed by atoms with Crippen LogP contribution in [0, 0.1) is 5.92 Å². The molecular weight excluding hydrogens is 372 g/mol. The van der Waals surface area contributed by atoms with E-state index in [0.717, 1.165) is 52.0 Å². The number of hydrogen-bond donors (Lipinski definition) is 1. The van der Waals surface area contributed by atoms with Crippen molar-refractivity contribution in [1.82, 2.24) is 14.8 Å². The Balaban J connectivity index is 1.52. The van der Waals surface area contributed by atoms with Crippen LogP contribution >= 0.6 is 0 Å². The molecule has 2 aromatic rings. The molecule has 30 heavy (non-hydrogen) atoms. The lowest BCUT2D eigenvalue weighted by Crippen LogP contribution is -2.54. The zero-order valence-electron chi connectivity index (χ0n) is 18.7. The average molecular weight is 409 g/mol. The van der Waals surface area contributed by atoms with Gasteiger partial charge in [-0.25, -0.2) is 4.98 Å². The molecule has 2 heterocycles. The minimum atomic E-state index is 0.0894. The smallest absolute Gasteiger partial charge is 0.257 e. The van der Waals surface area contributed by atoms with Crippen LogP contribution in [0.1, 0.15) is 49.5 Å². The SMILES string of the molecule is CC(C)CCNc1ncccc1C(=O)N1CCN(CCCc2ccccc2)C[C@H]1C. The molecular formula is C25H36N4O. The minimum absolute atomic E-state index is 0.0894. The summed E-state index contributed by atoms with van der Waals surface area (Å²) in [5.74, 6) is 1.42. The maximum atomic E-state index is 13.3. The van der Waals surface area contributed by atoms with Crippen LogP contribution in [0.15, 0.2) is 48.7 Å². The van der Waals surface area contributed by atoms with Crippen LogP contribution in [0.4, 0.5) is 5.82 Å². The van der Waals surface area contributed by atoms with Crippen LogP contribution in [0.25, 0.3) is 0 Å². The third-order valence-corrected chi connectivity index (χ3v) is 5.81. The molecule has 1 aliphatic rings. The number of hydrogen-bond acceptors (Lipinski definition) is 4. The predicted molar refractivity (Wildman–Crippen MR) is 124 cm³/mol. The van der Waals surface area contributed by atoms with E-state index in [0.29, 0.717) is 17.3 Å². The first kappa shape index (κ1) is 22.3. The highest BCUT2D eigenvalue weighted by molar-refractivity contribution is 5.99. The number of nitrogens with one attached hydrogen (secondary N) is 1. The third-order valence-electron chi connectivity index (χ3n) is 5.81. The van der Waals surface area contributed by atoms with Crippen molar-refractivity contribution >= 4 is 11.7 Å². The third kappa shape index (κ3) is 6.30. The highest BCUT2D eigenvalue weighted by Gasteiger charge is 2.29. The van der Waals surface area contributed by atoms with E-state index in [9.17, 15) is 4.79 Å². The zero-order valence-corrected chi connectivity index (χ0v) is 18.7. The van der Waals surface area contributed by atoms with Gasteiger partial charge in [-0.05, 0) is 56.3 Å². The monoisotopic (exact) mass is 408 g/mol. The second kappa shape index (κ2) is 11.1. The molecule has 0 bridgehead atoms. The molecule has 0 radical (unpaired) electrons. The number of benzene rings is 1. The van der Waals surface area contributed by atoms with Crippen molar-refractivity contribution in [2.24, 2.45) is 5.92 Å². The van der Waals surface area contributed by atoms with E-state index in [1.165, 1.54) is 5.56 Å². The lowest BCUT2D eigenvalue weighted by atomic mass is 10.1. The molecule has 5 nitrogen and oxygen atoms in total. The second-order valence-corrected chi connectivity index (χ2v) is 8.75. The number of piperazine rings is 1. The molecule has 1 atom stereocenters. The van der Waals surface area contributed by atoms with Gasteiger partial charge in [-0.3, -0.25) is 9.69 Å². The molecule has 0 saturated carbocycles. The Morgan fingerprint density at radius 3 is 2.70 bits per heavy atom. The summed E-state index contributed by atoms with van der Waals surface area (Å²) in [5, 5.41) is 3.36. The first-order valence-corrected chi connectivity index (χ1v) is 11.3. The summed E-state index contributed by atoms with van der Waals surface area (Å²) >= 11 is 0. The van der Waals surface area contributed by atoms with Gasteiger partial charge in [0.15, 0.2) is 0 Å². The number of carbonyl (C=O) groups is 1. The lowest BCUT2D eigenvalue weighted by molar-refractivity contribution is 0.0489. The molecule has 0 unspecified atom stereocenters. The largest absolute Gasteiger partial charge is 0.369 e. The standard InChI is InChI=1S/C25H36N4O/c1-20(2)13-15-27-24-23(12-7-14-26-24)25(30)29-18-17-28(19-21(29)3)16-8-11-22-9-5-4-6-10-22/h4-7,9-10,12,14,20-21H,8,11,13,15-19H2,1-3H3,(H,26,27)/t21-/m1/s1. The summed E-state index contributed by atoms with van der Waals surface area (Å²) in [6, 6.07) is 14.6. The molecule has 1 saturated heterocycles. The van der Waals surface area contributed by atoms with Gasteiger partial charge >= 0.3 is 0 Å². The summed E-state index contributed by atoms with van der Waals surface area (Å²) in [5.41, 5.74) is 2.08. The molecule has 0 aliphatic carbocycles. The summed E-state index contributed by atoms with van der Waals surface area (Å²) in [7, 11) is 0. The highest BCUT2D eigenvalue weighted by Crippen LogP contribution is 2.19. The van der Waals surface area contributed by atoms with Crippen LogP contribution < -0.4 is 5.32 Å². The summed E-state index contributed by atoms with van der Waals surface area (Å²) in [6.45, 7) is 11.1. The van der Waals surface area contributed by atoms with E-state index < -0.39 is 0 Å². The zero-order chi connectivity index (χ0) is 21.3. The van der Waals surface area contributed by atoms with E-state index >= 15 is 0 Å². The van der Waals surface area contributed by atoms with Crippen molar-refractivity contribution in [2.75, 3.05) is 38.0 Å². The van der Waals surface area contributed by atoms with Gasteiger partial charge in [-0.1, -0.05) is 44.2 Å². The quantitative estimate of drug-likeness (QED) is 0.671. The van der Waals surface area contributed by atoms with Crippen LogP contribution in [0.5, 0.6) is 0 Å². The summed E-state index contributed by atoms with van der Waals surface area (Å²) < 4.78 is 0. The van der Waals surface area contributed by atoms with Gasteiger partial charge in [0.2, 0.25) is 0 Å². The Morgan fingerprint density at radius 1 is 1.17 bits per heavy atom. The molecule has 3 rings (SSSR count). The fraction of sp³-hybridized carbons (Fsp3) is 0.520. The molecule has 162 valence electrons. The number of anilines is 1. The molecule has 1 aromatic heterocycles. The number of amides is 1. The van der Waals surface area contributed by atoms with Crippen molar-refractivity contribution in [2.45, 2.75) is 46.1 Å². The van der Waals surface area contributed by atoms with Gasteiger partial charge in [0, 0.05) is 38.4 Å². The fourth-order valence-corrected chi connectivity index (χ4v) is 4.04. The van der Waals surface area contributed by atoms with Crippen molar-refractivity contribution in [3.8, 4) is 0 Å². The van der Waals surface area contributed by atoms with E-state index in [2.05, 4.69) is 66.3 Å². The second-order valence-electron chi connectivity index (χ2n) is 8.75. The number of rotatable bonds is 9. The lowest BCUT2D eigenvalue weighted by Gasteiger charge is -2.40. The van der Waals surface area contributed by atoms with E-state index in [1.807, 2.05) is 17.0 Å². The predicted octanol–water partition coefficient (Wildman–Crippen LogP) is 4.32. The average Bonchev–Trinajstić information content (AvgIpc) is 2.74. The number of carbonyl (C=O) groups excluding carboxylic acids is 1. The fourth-order valence-electron chi connectivity index (χ4n) is 4.04. The Morgan fingerprint density at radius 2 is 1.97 bits per heavy atom. The molecule has 1 aliphatic heterocycles. The van der Waals surface area contributed by atoms with Gasteiger partial charge < -0.3 is 10.2 Å².